The second kappa shape index (κ2) is 9.30. The van der Waals surface area contributed by atoms with Gasteiger partial charge in [0, 0.05) is 25.2 Å². The number of hydrogen-bond acceptors (Lipinski definition) is 2. The summed E-state index contributed by atoms with van der Waals surface area (Å²) in [5.41, 5.74) is 4.79. The molecule has 2 heterocycles. The van der Waals surface area contributed by atoms with E-state index in [-0.39, 0.29) is 5.91 Å². The van der Waals surface area contributed by atoms with E-state index < -0.39 is 0 Å². The van der Waals surface area contributed by atoms with Gasteiger partial charge in [0.15, 0.2) is 0 Å². The van der Waals surface area contributed by atoms with Crippen molar-refractivity contribution in [1.82, 2.24) is 9.80 Å². The number of nitrogens with zero attached hydrogens (tertiary/aromatic N) is 2. The summed E-state index contributed by atoms with van der Waals surface area (Å²) in [7, 11) is 0. The minimum absolute atomic E-state index is 0.181. The van der Waals surface area contributed by atoms with Crippen LogP contribution in [0.5, 0.6) is 0 Å². The molecular weight excluding hydrogens is 392 g/mol. The lowest BCUT2D eigenvalue weighted by molar-refractivity contribution is 0.0285. The first-order valence-electron chi connectivity index (χ1n) is 11.9. The number of carbonyl (C=O) groups is 1. The molecule has 2 fully saturated rings. The molecule has 3 nitrogen and oxygen atoms in total. The van der Waals surface area contributed by atoms with Gasteiger partial charge in [-0.15, -0.1) is 0 Å². The molecule has 0 atom stereocenters. The predicted molar refractivity (Wildman–Crippen MR) is 130 cm³/mol. The average Bonchev–Trinajstić information content (AvgIpc) is 2.87. The number of carbonyl (C=O) groups excluding carboxylic acids is 1. The Morgan fingerprint density at radius 2 is 1.25 bits per heavy atom. The van der Waals surface area contributed by atoms with Crippen molar-refractivity contribution in [2.24, 2.45) is 5.41 Å². The maximum atomic E-state index is 13.4. The van der Waals surface area contributed by atoms with Crippen LogP contribution in [0.2, 0.25) is 0 Å². The van der Waals surface area contributed by atoms with Crippen molar-refractivity contribution in [3.05, 3.63) is 96.1 Å². The molecule has 3 aromatic rings. The smallest absolute Gasteiger partial charge is 0.254 e. The third-order valence-electron chi connectivity index (χ3n) is 7.52. The van der Waals surface area contributed by atoms with E-state index in [1.807, 2.05) is 36.4 Å². The van der Waals surface area contributed by atoms with E-state index in [0.29, 0.717) is 5.41 Å². The van der Waals surface area contributed by atoms with Crippen LogP contribution in [-0.2, 0) is 6.54 Å². The number of rotatable bonds is 4. The Kier molecular flexibility index (Phi) is 6.09. The topological polar surface area (TPSA) is 23.6 Å². The van der Waals surface area contributed by atoms with Crippen LogP contribution in [-0.4, -0.2) is 41.9 Å². The fourth-order valence-corrected chi connectivity index (χ4v) is 5.42. The van der Waals surface area contributed by atoms with Gasteiger partial charge in [-0.2, -0.15) is 0 Å². The molecule has 0 bridgehead atoms. The molecule has 2 aliphatic rings. The summed E-state index contributed by atoms with van der Waals surface area (Å²) in [4.78, 5) is 18.1. The van der Waals surface area contributed by atoms with Gasteiger partial charge in [-0.3, -0.25) is 9.69 Å². The van der Waals surface area contributed by atoms with E-state index >= 15 is 0 Å². The Morgan fingerprint density at radius 1 is 0.688 bits per heavy atom. The predicted octanol–water partition coefficient (Wildman–Crippen LogP) is 5.87. The van der Waals surface area contributed by atoms with Gasteiger partial charge < -0.3 is 4.90 Å². The van der Waals surface area contributed by atoms with E-state index in [1.165, 1.54) is 31.5 Å². The highest BCUT2D eigenvalue weighted by Gasteiger charge is 2.38. The van der Waals surface area contributed by atoms with Crippen LogP contribution in [0.25, 0.3) is 11.1 Å². The maximum absolute atomic E-state index is 13.4. The third-order valence-corrected chi connectivity index (χ3v) is 7.52. The fraction of sp³-hybridized carbons (Fsp3) is 0.345. The molecule has 3 aromatic carbocycles. The zero-order valence-corrected chi connectivity index (χ0v) is 18.7. The molecule has 5 rings (SSSR count). The summed E-state index contributed by atoms with van der Waals surface area (Å²) < 4.78 is 0. The summed E-state index contributed by atoms with van der Waals surface area (Å²) in [6.07, 6.45) is 4.77. The Balaban J connectivity index is 1.20. The van der Waals surface area contributed by atoms with E-state index in [4.69, 9.17) is 0 Å². The van der Waals surface area contributed by atoms with E-state index in [2.05, 4.69) is 58.3 Å². The van der Waals surface area contributed by atoms with Crippen LogP contribution < -0.4 is 0 Å². The second-order valence-corrected chi connectivity index (χ2v) is 9.47. The van der Waals surface area contributed by atoms with Gasteiger partial charge in [0.25, 0.3) is 5.91 Å². The van der Waals surface area contributed by atoms with Crippen molar-refractivity contribution in [3.63, 3.8) is 0 Å². The van der Waals surface area contributed by atoms with Crippen LogP contribution in [0.1, 0.15) is 41.6 Å². The van der Waals surface area contributed by atoms with Gasteiger partial charge in [0.2, 0.25) is 0 Å². The number of amides is 1. The molecule has 1 spiro atoms. The van der Waals surface area contributed by atoms with Gasteiger partial charge in [-0.1, -0.05) is 78.9 Å². The molecule has 32 heavy (non-hydrogen) atoms. The number of piperidine rings is 2. The Labute approximate surface area is 191 Å². The molecule has 0 unspecified atom stereocenters. The summed E-state index contributed by atoms with van der Waals surface area (Å²) in [6, 6.07) is 29.1. The zero-order chi connectivity index (χ0) is 21.8. The molecule has 1 amide bonds. The normalized spacial score (nSPS) is 18.6. The van der Waals surface area contributed by atoms with Crippen molar-refractivity contribution in [2.75, 3.05) is 26.2 Å². The number of likely N-dealkylation sites (tertiary alicyclic amines) is 2. The first-order chi connectivity index (χ1) is 15.7. The van der Waals surface area contributed by atoms with Crippen molar-refractivity contribution in [2.45, 2.75) is 32.2 Å². The quantitative estimate of drug-likeness (QED) is 0.523. The highest BCUT2D eigenvalue weighted by atomic mass is 16.2. The van der Waals surface area contributed by atoms with Crippen molar-refractivity contribution < 1.29 is 4.79 Å². The number of benzene rings is 3. The standard InChI is InChI=1S/C29H32N2O/c32-28(27-14-8-7-13-26(27)25-11-5-2-6-12-25)31-21-17-29(18-22-31)15-19-30(20-16-29)23-24-9-3-1-4-10-24/h1-14H,15-23H2. The molecular formula is C29H32N2O. The Bertz CT molecular complexity index is 1030. The lowest BCUT2D eigenvalue weighted by atomic mass is 9.71. The summed E-state index contributed by atoms with van der Waals surface area (Å²) in [5.74, 6) is 0.181. The molecule has 164 valence electrons. The monoisotopic (exact) mass is 424 g/mol. The van der Waals surface area contributed by atoms with Gasteiger partial charge in [-0.25, -0.2) is 0 Å². The van der Waals surface area contributed by atoms with Crippen LogP contribution in [0, 0.1) is 5.41 Å². The average molecular weight is 425 g/mol. The molecule has 0 radical (unpaired) electrons. The third kappa shape index (κ3) is 4.49. The summed E-state index contributed by atoms with van der Waals surface area (Å²) in [5, 5.41) is 0. The van der Waals surface area contributed by atoms with Crippen LogP contribution in [0.3, 0.4) is 0 Å². The molecule has 3 heteroatoms. The highest BCUT2D eigenvalue weighted by molar-refractivity contribution is 6.00. The van der Waals surface area contributed by atoms with Gasteiger partial charge in [-0.05, 0) is 66.9 Å². The second-order valence-electron chi connectivity index (χ2n) is 9.47. The minimum Gasteiger partial charge on any atom is -0.339 e. The number of hydrogen-bond donors (Lipinski definition) is 0. The zero-order valence-electron chi connectivity index (χ0n) is 18.7. The molecule has 0 N–H and O–H groups in total. The molecule has 0 aromatic heterocycles. The van der Waals surface area contributed by atoms with E-state index in [0.717, 1.165) is 49.2 Å². The maximum Gasteiger partial charge on any atom is 0.254 e. The highest BCUT2D eigenvalue weighted by Crippen LogP contribution is 2.42. The van der Waals surface area contributed by atoms with Crippen molar-refractivity contribution in [1.29, 1.82) is 0 Å². The van der Waals surface area contributed by atoms with Crippen molar-refractivity contribution in [3.8, 4) is 11.1 Å². The van der Waals surface area contributed by atoms with Crippen LogP contribution in [0.4, 0.5) is 0 Å². The van der Waals surface area contributed by atoms with E-state index in [1.54, 1.807) is 0 Å². The molecule has 0 saturated carbocycles. The Morgan fingerprint density at radius 3 is 1.94 bits per heavy atom. The van der Waals surface area contributed by atoms with Gasteiger partial charge in [0.1, 0.15) is 0 Å². The SMILES string of the molecule is O=C(c1ccccc1-c1ccccc1)N1CCC2(CCN(Cc3ccccc3)CC2)CC1. The van der Waals surface area contributed by atoms with E-state index in [9.17, 15) is 4.79 Å². The minimum atomic E-state index is 0.181. The first-order valence-corrected chi connectivity index (χ1v) is 11.9. The largest absolute Gasteiger partial charge is 0.339 e. The molecule has 2 aliphatic heterocycles. The van der Waals surface area contributed by atoms with Gasteiger partial charge >= 0.3 is 0 Å². The summed E-state index contributed by atoms with van der Waals surface area (Å²) in [6.45, 7) is 5.14. The lowest BCUT2D eigenvalue weighted by Gasteiger charge is -2.47. The van der Waals surface area contributed by atoms with Crippen LogP contribution >= 0.6 is 0 Å². The summed E-state index contributed by atoms with van der Waals surface area (Å²) >= 11 is 0. The lowest BCUT2D eigenvalue weighted by Crippen LogP contribution is -2.48. The van der Waals surface area contributed by atoms with Gasteiger partial charge in [0.05, 0.1) is 0 Å². The Hall–Kier alpha value is -2.91. The van der Waals surface area contributed by atoms with Crippen LogP contribution in [0.15, 0.2) is 84.9 Å². The first kappa shape index (κ1) is 21.0. The fourth-order valence-electron chi connectivity index (χ4n) is 5.42. The molecule has 0 aliphatic carbocycles. The molecule has 2 saturated heterocycles. The van der Waals surface area contributed by atoms with Crippen molar-refractivity contribution >= 4 is 5.91 Å².